The van der Waals surface area contributed by atoms with Crippen molar-refractivity contribution in [2.24, 2.45) is 5.92 Å². The number of sulfonamides is 1. The number of hydrogen-bond donors (Lipinski definition) is 3. The van der Waals surface area contributed by atoms with Crippen molar-refractivity contribution in [3.05, 3.63) is 53.9 Å². The fourth-order valence-corrected chi connectivity index (χ4v) is 4.30. The summed E-state index contributed by atoms with van der Waals surface area (Å²) in [7, 11) is -3.38. The Morgan fingerprint density at radius 1 is 1.09 bits per heavy atom. The Morgan fingerprint density at radius 3 is 2.22 bits per heavy atom. The molecule has 32 heavy (non-hydrogen) atoms. The maximum Gasteiger partial charge on any atom is 0.315 e. The molecule has 0 radical (unpaired) electrons. The summed E-state index contributed by atoms with van der Waals surface area (Å²) in [5, 5.41) is 12.0. The number of carbonyl (C=O) groups excluding carboxylic acids is 1. The smallest absolute Gasteiger partial charge is 0.315 e. The monoisotopic (exact) mass is 473 g/mol. The van der Waals surface area contributed by atoms with E-state index >= 15 is 0 Å². The summed E-state index contributed by atoms with van der Waals surface area (Å²) in [6.45, 7) is 2.48. The third-order valence-corrected chi connectivity index (χ3v) is 6.20. The second-order valence-electron chi connectivity index (χ2n) is 7.67. The Balaban J connectivity index is 2.04. The van der Waals surface area contributed by atoms with Gasteiger partial charge in [-0.15, -0.1) is 0 Å². The molecule has 0 saturated carbocycles. The summed E-state index contributed by atoms with van der Waals surface area (Å²) in [6.07, 6.45) is -3.25. The molecule has 0 fully saturated rings. The van der Waals surface area contributed by atoms with E-state index in [1.807, 2.05) is 13.8 Å². The van der Waals surface area contributed by atoms with Crippen LogP contribution >= 0.6 is 0 Å². The first-order valence-electron chi connectivity index (χ1n) is 9.87. The molecular formula is C21H26F3N3O4S. The minimum Gasteiger partial charge on any atom is -0.386 e. The molecule has 0 aliphatic rings. The lowest BCUT2D eigenvalue weighted by atomic mass is 9.99. The molecule has 0 spiro atoms. The predicted molar refractivity (Wildman–Crippen MR) is 114 cm³/mol. The molecular weight excluding hydrogens is 447 g/mol. The normalized spacial score (nSPS) is 13.9. The predicted octanol–water partition coefficient (Wildman–Crippen LogP) is 2.58. The van der Waals surface area contributed by atoms with Crippen LogP contribution < -0.4 is 10.0 Å². The van der Waals surface area contributed by atoms with Crippen LogP contribution in [0.1, 0.15) is 31.2 Å². The average Bonchev–Trinajstić information content (AvgIpc) is 2.75. The number of halogens is 3. The maximum atomic E-state index is 13.1. The fraction of sp³-hybridized carbons (Fsp3) is 0.429. The molecule has 176 valence electrons. The minimum absolute atomic E-state index is 0.00471. The van der Waals surface area contributed by atoms with Crippen LogP contribution in [0, 0.1) is 5.92 Å². The highest BCUT2D eigenvalue weighted by Gasteiger charge is 2.26. The summed E-state index contributed by atoms with van der Waals surface area (Å²) in [6, 6.07) is 8.17. The molecule has 3 N–H and O–H groups in total. The zero-order valence-corrected chi connectivity index (χ0v) is 18.4. The third kappa shape index (κ3) is 7.57. The van der Waals surface area contributed by atoms with Crippen LogP contribution in [0.15, 0.2) is 42.6 Å². The van der Waals surface area contributed by atoms with E-state index in [0.29, 0.717) is 16.8 Å². The first-order chi connectivity index (χ1) is 15.0. The van der Waals surface area contributed by atoms with E-state index in [9.17, 15) is 31.5 Å². The zero-order chi connectivity index (χ0) is 23.9. The van der Waals surface area contributed by atoms with Crippen LogP contribution in [-0.2, 0) is 21.4 Å². The molecule has 0 bridgehead atoms. The number of pyridine rings is 1. The van der Waals surface area contributed by atoms with Gasteiger partial charge in [-0.25, -0.2) is 17.5 Å². The minimum atomic E-state index is -3.38. The molecule has 1 aromatic heterocycles. The van der Waals surface area contributed by atoms with Crippen molar-refractivity contribution in [3.8, 4) is 11.1 Å². The highest BCUT2D eigenvalue weighted by molar-refractivity contribution is 7.89. The zero-order valence-electron chi connectivity index (χ0n) is 17.6. The van der Waals surface area contributed by atoms with Gasteiger partial charge in [-0.1, -0.05) is 44.2 Å². The van der Waals surface area contributed by atoms with E-state index in [-0.39, 0.29) is 23.8 Å². The Labute approximate surface area is 185 Å². The van der Waals surface area contributed by atoms with Crippen molar-refractivity contribution in [2.45, 2.75) is 39.0 Å². The number of benzene rings is 1. The Bertz CT molecular complexity index is 984. The number of hydrogen-bond acceptors (Lipinski definition) is 5. The van der Waals surface area contributed by atoms with Gasteiger partial charge in [-0.3, -0.25) is 9.78 Å². The van der Waals surface area contributed by atoms with Crippen molar-refractivity contribution < 1.29 is 31.5 Å². The summed E-state index contributed by atoms with van der Waals surface area (Å²) >= 11 is 0. The molecule has 0 saturated heterocycles. The molecule has 0 unspecified atom stereocenters. The summed E-state index contributed by atoms with van der Waals surface area (Å²) in [4.78, 5) is 15.3. The number of aliphatic hydroxyl groups excluding tert-OH is 1. The van der Waals surface area contributed by atoms with Gasteiger partial charge in [0.2, 0.25) is 10.0 Å². The van der Waals surface area contributed by atoms with Gasteiger partial charge in [0.15, 0.2) is 0 Å². The molecule has 7 nitrogen and oxygen atoms in total. The molecule has 1 heterocycles. The van der Waals surface area contributed by atoms with E-state index in [1.54, 1.807) is 35.8 Å². The van der Waals surface area contributed by atoms with Gasteiger partial charge >= 0.3 is 6.43 Å². The van der Waals surface area contributed by atoms with E-state index in [1.165, 1.54) is 12.1 Å². The van der Waals surface area contributed by atoms with Crippen molar-refractivity contribution in [2.75, 3.05) is 12.4 Å². The van der Waals surface area contributed by atoms with Crippen molar-refractivity contribution >= 4 is 15.9 Å². The standard InChI is InChI=1S/C21H26F3N3O4S/c1-13(2)12-32(30,31)26-11-17-8-7-16(10-25-17)14-3-5-15(6-4-14)19(28)18(9-22)27-21(29)20(23)24/h3-8,10,13,18-20,26,28H,9,11-12H2,1-2H3,(H,27,29)/t18-,19-/m1/s1. The lowest BCUT2D eigenvalue weighted by Gasteiger charge is -2.22. The van der Waals surface area contributed by atoms with Gasteiger partial charge in [0.05, 0.1) is 24.0 Å². The second-order valence-corrected chi connectivity index (χ2v) is 9.52. The third-order valence-electron chi connectivity index (χ3n) is 4.51. The highest BCUT2D eigenvalue weighted by atomic mass is 32.2. The largest absolute Gasteiger partial charge is 0.386 e. The Kier molecular flexibility index (Phi) is 9.17. The van der Waals surface area contributed by atoms with Crippen molar-refractivity contribution in [3.63, 3.8) is 0 Å². The van der Waals surface area contributed by atoms with Crippen LogP contribution in [0.3, 0.4) is 0 Å². The lowest BCUT2D eigenvalue weighted by molar-refractivity contribution is -0.133. The number of alkyl halides is 3. The van der Waals surface area contributed by atoms with Gasteiger partial charge in [0.1, 0.15) is 12.8 Å². The molecule has 2 atom stereocenters. The number of rotatable bonds is 11. The number of aliphatic hydroxyl groups is 1. The van der Waals surface area contributed by atoms with Crippen LogP contribution in [0.2, 0.25) is 0 Å². The van der Waals surface area contributed by atoms with E-state index in [0.717, 1.165) is 0 Å². The van der Waals surface area contributed by atoms with E-state index in [2.05, 4.69) is 9.71 Å². The maximum absolute atomic E-state index is 13.1. The van der Waals surface area contributed by atoms with Gasteiger partial charge in [0.25, 0.3) is 5.91 Å². The molecule has 11 heteroatoms. The molecule has 1 aromatic carbocycles. The SMILES string of the molecule is CC(C)CS(=O)(=O)NCc1ccc(-c2ccc([C@@H](O)[C@@H](CF)NC(=O)C(F)F)cc2)cn1. The molecule has 1 amide bonds. The first-order valence-corrected chi connectivity index (χ1v) is 11.5. The fourth-order valence-electron chi connectivity index (χ4n) is 2.93. The lowest BCUT2D eigenvalue weighted by Crippen LogP contribution is -2.43. The average molecular weight is 474 g/mol. The topological polar surface area (TPSA) is 108 Å². The first kappa shape index (κ1) is 25.8. The summed E-state index contributed by atoms with van der Waals surface area (Å²) in [5.74, 6) is -1.62. The van der Waals surface area contributed by atoms with E-state index < -0.39 is 41.2 Å². The number of carbonyl (C=O) groups is 1. The van der Waals surface area contributed by atoms with Crippen LogP contribution in [0.4, 0.5) is 13.2 Å². The second kappa shape index (κ2) is 11.4. The van der Waals surface area contributed by atoms with E-state index in [4.69, 9.17) is 0 Å². The number of amides is 1. The molecule has 0 aliphatic heterocycles. The Morgan fingerprint density at radius 2 is 1.72 bits per heavy atom. The van der Waals surface area contributed by atoms with Crippen LogP contribution in [0.5, 0.6) is 0 Å². The molecule has 2 aromatic rings. The quantitative estimate of drug-likeness (QED) is 0.465. The van der Waals surface area contributed by atoms with Gasteiger partial charge in [-0.2, -0.15) is 8.78 Å². The number of nitrogens with one attached hydrogen (secondary N) is 2. The molecule has 2 rings (SSSR count). The van der Waals surface area contributed by atoms with Crippen LogP contribution in [0.25, 0.3) is 11.1 Å². The number of nitrogens with zero attached hydrogens (tertiary/aromatic N) is 1. The summed E-state index contributed by atoms with van der Waals surface area (Å²) in [5.41, 5.74) is 2.21. The molecule has 0 aliphatic carbocycles. The summed E-state index contributed by atoms with van der Waals surface area (Å²) < 4.78 is 64.2. The van der Waals surface area contributed by atoms with Crippen molar-refractivity contribution in [1.82, 2.24) is 15.0 Å². The van der Waals surface area contributed by atoms with Crippen LogP contribution in [-0.4, -0.2) is 49.3 Å². The van der Waals surface area contributed by atoms with Gasteiger partial charge < -0.3 is 10.4 Å². The van der Waals surface area contributed by atoms with Gasteiger partial charge in [0, 0.05) is 11.8 Å². The Hall–Kier alpha value is -2.50. The van der Waals surface area contributed by atoms with Gasteiger partial charge in [-0.05, 0) is 23.1 Å². The van der Waals surface area contributed by atoms with Crippen molar-refractivity contribution in [1.29, 1.82) is 0 Å². The number of aromatic nitrogens is 1. The highest BCUT2D eigenvalue weighted by Crippen LogP contribution is 2.24.